The van der Waals surface area contributed by atoms with E-state index in [0.717, 1.165) is 10.7 Å². The molecule has 3 heteroatoms. The van der Waals surface area contributed by atoms with Crippen LogP contribution in [0.1, 0.15) is 5.56 Å². The predicted molar refractivity (Wildman–Crippen MR) is 80.7 cm³/mol. The van der Waals surface area contributed by atoms with E-state index in [1.54, 1.807) is 11.3 Å². The van der Waals surface area contributed by atoms with Crippen molar-refractivity contribution in [3.8, 4) is 11.3 Å². The summed E-state index contributed by atoms with van der Waals surface area (Å²) < 4.78 is 3.48. The monoisotopic (exact) mass is 264 g/mol. The summed E-state index contributed by atoms with van der Waals surface area (Å²) in [5.74, 6) is 0. The quantitative estimate of drug-likeness (QED) is 0.494. The molecule has 2 nitrogen and oxygen atoms in total. The maximum Gasteiger partial charge on any atom is 0.195 e. The summed E-state index contributed by atoms with van der Waals surface area (Å²) in [6.45, 7) is 2.12. The molecule has 4 rings (SSSR count). The van der Waals surface area contributed by atoms with Gasteiger partial charge in [-0.2, -0.15) is 0 Å². The van der Waals surface area contributed by atoms with Crippen molar-refractivity contribution in [3.63, 3.8) is 0 Å². The van der Waals surface area contributed by atoms with Crippen LogP contribution < -0.4 is 0 Å². The highest BCUT2D eigenvalue weighted by atomic mass is 32.1. The number of benzene rings is 2. The zero-order chi connectivity index (χ0) is 12.8. The summed E-state index contributed by atoms with van der Waals surface area (Å²) in [7, 11) is 0. The predicted octanol–water partition coefficient (Wildman–Crippen LogP) is 4.52. The molecular weight excluding hydrogens is 252 g/mol. The van der Waals surface area contributed by atoms with Gasteiger partial charge in [0, 0.05) is 11.8 Å². The summed E-state index contributed by atoms with van der Waals surface area (Å²) in [5.41, 5.74) is 4.73. The highest BCUT2D eigenvalue weighted by Gasteiger charge is 2.09. The molecule has 0 aliphatic carbocycles. The first-order valence-corrected chi connectivity index (χ1v) is 7.06. The maximum atomic E-state index is 4.73. The van der Waals surface area contributed by atoms with Gasteiger partial charge in [0.05, 0.1) is 15.9 Å². The van der Waals surface area contributed by atoms with Crippen LogP contribution in [-0.4, -0.2) is 9.38 Å². The number of imidazole rings is 1. The summed E-state index contributed by atoms with van der Waals surface area (Å²) in [5, 5.41) is 0. The molecule has 2 aromatic heterocycles. The zero-order valence-electron chi connectivity index (χ0n) is 10.5. The Labute approximate surface area is 115 Å². The molecule has 92 valence electrons. The van der Waals surface area contributed by atoms with E-state index in [1.165, 1.54) is 21.3 Å². The fraction of sp³-hybridized carbons (Fsp3) is 0.0625. The minimum absolute atomic E-state index is 1.04. The van der Waals surface area contributed by atoms with Gasteiger partial charge in [-0.05, 0) is 24.6 Å². The highest BCUT2D eigenvalue weighted by molar-refractivity contribution is 7.23. The Balaban J connectivity index is 1.98. The molecule has 4 aromatic rings. The van der Waals surface area contributed by atoms with E-state index in [9.17, 15) is 0 Å². The SMILES string of the molecule is Cc1ccc2c(c1)sc1nc(-c3ccccc3)cn12. The molecule has 0 saturated heterocycles. The Bertz CT molecular complexity index is 872. The fourth-order valence-electron chi connectivity index (χ4n) is 2.36. The van der Waals surface area contributed by atoms with Crippen molar-refractivity contribution < 1.29 is 0 Å². The van der Waals surface area contributed by atoms with Crippen LogP contribution in [0.25, 0.3) is 26.4 Å². The highest BCUT2D eigenvalue weighted by Crippen LogP contribution is 2.29. The first-order valence-electron chi connectivity index (χ1n) is 6.25. The normalized spacial score (nSPS) is 11.4. The lowest BCUT2D eigenvalue weighted by Gasteiger charge is -1.95. The number of aromatic nitrogens is 2. The van der Waals surface area contributed by atoms with E-state index in [-0.39, 0.29) is 0 Å². The van der Waals surface area contributed by atoms with E-state index < -0.39 is 0 Å². The molecule has 0 spiro atoms. The molecular formula is C16H12N2S. The van der Waals surface area contributed by atoms with Gasteiger partial charge in [0.15, 0.2) is 4.96 Å². The second-order valence-electron chi connectivity index (χ2n) is 4.72. The van der Waals surface area contributed by atoms with Crippen LogP contribution in [0.4, 0.5) is 0 Å². The van der Waals surface area contributed by atoms with Gasteiger partial charge in [-0.1, -0.05) is 47.7 Å². The number of aryl methyl sites for hydroxylation is 1. The molecule has 0 aliphatic rings. The van der Waals surface area contributed by atoms with Crippen molar-refractivity contribution in [1.82, 2.24) is 9.38 Å². The molecule has 19 heavy (non-hydrogen) atoms. The van der Waals surface area contributed by atoms with Crippen molar-refractivity contribution in [2.45, 2.75) is 6.92 Å². The molecule has 2 heterocycles. The molecule has 0 saturated carbocycles. The lowest BCUT2D eigenvalue weighted by atomic mass is 10.2. The van der Waals surface area contributed by atoms with Crippen LogP contribution in [0, 0.1) is 6.92 Å². The minimum atomic E-state index is 1.04. The Morgan fingerprint density at radius 1 is 1.05 bits per heavy atom. The molecule has 0 atom stereocenters. The average Bonchev–Trinajstić information content (AvgIpc) is 2.96. The van der Waals surface area contributed by atoms with Crippen LogP contribution in [0.15, 0.2) is 54.7 Å². The van der Waals surface area contributed by atoms with Crippen LogP contribution >= 0.6 is 11.3 Å². The number of rotatable bonds is 1. The van der Waals surface area contributed by atoms with Crippen LogP contribution in [0.5, 0.6) is 0 Å². The fourth-order valence-corrected chi connectivity index (χ4v) is 3.46. The summed E-state index contributed by atoms with van der Waals surface area (Å²) in [6.07, 6.45) is 2.12. The maximum absolute atomic E-state index is 4.73. The Morgan fingerprint density at radius 3 is 2.74 bits per heavy atom. The van der Waals surface area contributed by atoms with Crippen LogP contribution in [0.3, 0.4) is 0 Å². The zero-order valence-corrected chi connectivity index (χ0v) is 11.3. The van der Waals surface area contributed by atoms with Gasteiger partial charge in [-0.3, -0.25) is 4.40 Å². The number of nitrogens with zero attached hydrogens (tertiary/aromatic N) is 2. The second kappa shape index (κ2) is 3.93. The lowest BCUT2D eigenvalue weighted by molar-refractivity contribution is 1.29. The largest absolute Gasteiger partial charge is 0.290 e. The van der Waals surface area contributed by atoms with Crippen molar-refractivity contribution >= 4 is 26.5 Å². The van der Waals surface area contributed by atoms with Crippen LogP contribution in [-0.2, 0) is 0 Å². The van der Waals surface area contributed by atoms with Gasteiger partial charge in [-0.15, -0.1) is 0 Å². The third kappa shape index (κ3) is 1.66. The molecule has 0 aliphatic heterocycles. The molecule has 0 bridgehead atoms. The number of hydrogen-bond acceptors (Lipinski definition) is 2. The standard InChI is InChI=1S/C16H12N2S/c1-11-7-8-14-15(9-11)19-16-17-13(10-18(14)16)12-5-3-2-4-6-12/h2-10H,1H3. The smallest absolute Gasteiger partial charge is 0.195 e. The van der Waals surface area contributed by atoms with Gasteiger partial charge in [0.1, 0.15) is 0 Å². The number of hydrogen-bond donors (Lipinski definition) is 0. The van der Waals surface area contributed by atoms with Gasteiger partial charge < -0.3 is 0 Å². The van der Waals surface area contributed by atoms with Gasteiger partial charge in [-0.25, -0.2) is 4.98 Å². The van der Waals surface area contributed by atoms with E-state index >= 15 is 0 Å². The number of thiazole rings is 1. The van der Waals surface area contributed by atoms with Gasteiger partial charge in [0.2, 0.25) is 0 Å². The first-order chi connectivity index (χ1) is 9.31. The summed E-state index contributed by atoms with van der Waals surface area (Å²) in [4.78, 5) is 5.79. The van der Waals surface area contributed by atoms with Crippen molar-refractivity contribution in [2.75, 3.05) is 0 Å². The Kier molecular flexibility index (Phi) is 2.23. The second-order valence-corrected chi connectivity index (χ2v) is 5.73. The van der Waals surface area contributed by atoms with Crippen molar-refractivity contribution in [3.05, 3.63) is 60.3 Å². The molecule has 2 aromatic carbocycles. The van der Waals surface area contributed by atoms with E-state index in [2.05, 4.69) is 47.9 Å². The lowest BCUT2D eigenvalue weighted by Crippen LogP contribution is -1.78. The van der Waals surface area contributed by atoms with E-state index in [4.69, 9.17) is 4.98 Å². The topological polar surface area (TPSA) is 17.3 Å². The van der Waals surface area contributed by atoms with Gasteiger partial charge >= 0.3 is 0 Å². The Morgan fingerprint density at radius 2 is 1.89 bits per heavy atom. The third-order valence-corrected chi connectivity index (χ3v) is 4.34. The molecule has 0 N–H and O–H groups in total. The van der Waals surface area contributed by atoms with Crippen molar-refractivity contribution in [2.24, 2.45) is 0 Å². The van der Waals surface area contributed by atoms with Crippen molar-refractivity contribution in [1.29, 1.82) is 0 Å². The Hall–Kier alpha value is -2.13. The first kappa shape index (κ1) is 10.8. The van der Waals surface area contributed by atoms with Crippen LogP contribution in [0.2, 0.25) is 0 Å². The molecule has 0 fully saturated rings. The summed E-state index contributed by atoms with van der Waals surface area (Å²) in [6, 6.07) is 16.9. The average molecular weight is 264 g/mol. The minimum Gasteiger partial charge on any atom is -0.290 e. The van der Waals surface area contributed by atoms with Gasteiger partial charge in [0.25, 0.3) is 0 Å². The van der Waals surface area contributed by atoms with E-state index in [1.807, 2.05) is 18.2 Å². The number of fused-ring (bicyclic) bond motifs is 3. The van der Waals surface area contributed by atoms with E-state index in [0.29, 0.717) is 0 Å². The third-order valence-electron chi connectivity index (χ3n) is 3.32. The molecule has 0 unspecified atom stereocenters. The molecule has 0 amide bonds. The summed E-state index contributed by atoms with van der Waals surface area (Å²) >= 11 is 1.74. The molecule has 0 radical (unpaired) electrons.